The van der Waals surface area contributed by atoms with Crippen molar-refractivity contribution in [1.29, 1.82) is 0 Å². The normalized spacial score (nSPS) is 11.4. The number of carbonyl (C=O) groups excluding carboxylic acids is 1. The summed E-state index contributed by atoms with van der Waals surface area (Å²) < 4.78 is 40.3. The summed E-state index contributed by atoms with van der Waals surface area (Å²) >= 11 is 6.19. The Bertz CT molecular complexity index is 952. The minimum Gasteiger partial charge on any atom is -0.320 e. The minimum atomic E-state index is -4.74. The Morgan fingerprint density at radius 1 is 1.12 bits per heavy atom. The molecule has 1 N–H and O–H groups in total. The fourth-order valence-electron chi connectivity index (χ4n) is 2.55. The van der Waals surface area contributed by atoms with Gasteiger partial charge in [-0.1, -0.05) is 54.1 Å². The van der Waals surface area contributed by atoms with Crippen molar-refractivity contribution in [2.75, 3.05) is 5.32 Å². The number of hydrogen-bond acceptors (Lipinski definition) is 2. The lowest BCUT2D eigenvalue weighted by Crippen LogP contribution is -2.18. The van der Waals surface area contributed by atoms with E-state index in [4.69, 9.17) is 11.6 Å². The van der Waals surface area contributed by atoms with Crippen LogP contribution in [0.25, 0.3) is 11.1 Å². The second kappa shape index (κ2) is 6.84. The fraction of sp³-hybridized carbons (Fsp3) is 0.111. The molecule has 0 bridgehead atoms. The molecule has 4 nitrogen and oxygen atoms in total. The first-order valence-electron chi connectivity index (χ1n) is 7.53. The standard InChI is InChI=1S/C18H13ClF3N3O/c1-25-10-13(16(24-25)18(20,21)22)17(26)23-15-12(8-5-9-14(15)19)11-6-3-2-4-7-11/h2-10H,1H3,(H,23,26). The molecule has 3 rings (SSSR count). The maximum absolute atomic E-state index is 13.1. The molecule has 0 saturated heterocycles. The molecule has 1 aromatic heterocycles. The van der Waals surface area contributed by atoms with Crippen LogP contribution < -0.4 is 5.32 Å². The Morgan fingerprint density at radius 3 is 2.46 bits per heavy atom. The molecule has 1 amide bonds. The van der Waals surface area contributed by atoms with Crippen molar-refractivity contribution in [3.63, 3.8) is 0 Å². The van der Waals surface area contributed by atoms with Crippen LogP contribution in [0.4, 0.5) is 18.9 Å². The van der Waals surface area contributed by atoms with Crippen molar-refractivity contribution >= 4 is 23.2 Å². The molecule has 0 saturated carbocycles. The van der Waals surface area contributed by atoms with E-state index in [1.54, 1.807) is 18.2 Å². The van der Waals surface area contributed by atoms with E-state index in [1.807, 2.05) is 30.3 Å². The Kier molecular flexibility index (Phi) is 4.73. The van der Waals surface area contributed by atoms with Crippen LogP contribution in [-0.2, 0) is 13.2 Å². The lowest BCUT2D eigenvalue weighted by atomic mass is 10.0. The van der Waals surface area contributed by atoms with Crippen LogP contribution in [0.15, 0.2) is 54.7 Å². The third kappa shape index (κ3) is 3.57. The van der Waals surface area contributed by atoms with Gasteiger partial charge in [0.05, 0.1) is 16.3 Å². The molecule has 2 aromatic carbocycles. The molecule has 0 radical (unpaired) electrons. The zero-order chi connectivity index (χ0) is 18.9. The molecule has 0 aliphatic heterocycles. The summed E-state index contributed by atoms with van der Waals surface area (Å²) in [5.41, 5.74) is -0.205. The SMILES string of the molecule is Cn1cc(C(=O)Nc2c(Cl)cccc2-c2ccccc2)c(C(F)(F)F)n1. The maximum Gasteiger partial charge on any atom is 0.435 e. The summed E-state index contributed by atoms with van der Waals surface area (Å²) in [5.74, 6) is -0.935. The highest BCUT2D eigenvalue weighted by Crippen LogP contribution is 2.35. The number of halogens is 4. The van der Waals surface area contributed by atoms with E-state index in [-0.39, 0.29) is 10.7 Å². The van der Waals surface area contributed by atoms with Crippen molar-refractivity contribution in [3.05, 3.63) is 71.0 Å². The number of para-hydroxylation sites is 1. The second-order valence-electron chi connectivity index (χ2n) is 5.55. The lowest BCUT2D eigenvalue weighted by Gasteiger charge is -2.13. The third-order valence-corrected chi connectivity index (χ3v) is 3.99. The average Bonchev–Trinajstić information content (AvgIpc) is 3.00. The summed E-state index contributed by atoms with van der Waals surface area (Å²) in [6.45, 7) is 0. The fourth-order valence-corrected chi connectivity index (χ4v) is 2.78. The van der Waals surface area contributed by atoms with Gasteiger partial charge in [-0.05, 0) is 11.6 Å². The van der Waals surface area contributed by atoms with Crippen LogP contribution >= 0.6 is 11.6 Å². The number of aromatic nitrogens is 2. The molecule has 0 aliphatic carbocycles. The summed E-state index contributed by atoms with van der Waals surface area (Å²) in [6, 6.07) is 14.1. The molecular weight excluding hydrogens is 367 g/mol. The minimum absolute atomic E-state index is 0.220. The van der Waals surface area contributed by atoms with Gasteiger partial charge < -0.3 is 5.32 Å². The highest BCUT2D eigenvalue weighted by atomic mass is 35.5. The maximum atomic E-state index is 13.1. The van der Waals surface area contributed by atoms with E-state index in [0.29, 0.717) is 5.56 Å². The van der Waals surface area contributed by atoms with Crippen LogP contribution in [-0.4, -0.2) is 15.7 Å². The average molecular weight is 380 g/mol. The number of alkyl halides is 3. The number of hydrogen-bond donors (Lipinski definition) is 1. The summed E-state index contributed by atoms with van der Waals surface area (Å²) in [7, 11) is 1.32. The molecule has 0 aliphatic rings. The van der Waals surface area contributed by atoms with Crippen molar-refractivity contribution in [2.45, 2.75) is 6.18 Å². The molecule has 0 fully saturated rings. The first kappa shape index (κ1) is 18.0. The van der Waals surface area contributed by atoms with E-state index < -0.39 is 23.3 Å². The Labute approximate surface area is 152 Å². The van der Waals surface area contributed by atoms with Crippen molar-refractivity contribution in [1.82, 2.24) is 9.78 Å². The Balaban J connectivity index is 2.02. The van der Waals surface area contributed by atoms with Gasteiger partial charge in [-0.2, -0.15) is 18.3 Å². The Hall–Kier alpha value is -2.80. The molecule has 0 unspecified atom stereocenters. The number of carbonyl (C=O) groups is 1. The van der Waals surface area contributed by atoms with Gasteiger partial charge >= 0.3 is 6.18 Å². The number of benzene rings is 2. The van der Waals surface area contributed by atoms with Gasteiger partial charge in [0.15, 0.2) is 5.69 Å². The summed E-state index contributed by atoms with van der Waals surface area (Å²) in [6.07, 6.45) is -3.71. The van der Waals surface area contributed by atoms with Crippen molar-refractivity contribution in [3.8, 4) is 11.1 Å². The van der Waals surface area contributed by atoms with Gasteiger partial charge in [0.1, 0.15) is 0 Å². The van der Waals surface area contributed by atoms with Gasteiger partial charge in [-0.25, -0.2) is 0 Å². The predicted octanol–water partition coefficient (Wildman–Crippen LogP) is 5.01. The monoisotopic (exact) mass is 379 g/mol. The van der Waals surface area contributed by atoms with Gasteiger partial charge in [0, 0.05) is 18.8 Å². The van der Waals surface area contributed by atoms with Crippen LogP contribution in [0.3, 0.4) is 0 Å². The van der Waals surface area contributed by atoms with Gasteiger partial charge in [0.25, 0.3) is 5.91 Å². The zero-order valence-electron chi connectivity index (χ0n) is 13.5. The summed E-state index contributed by atoms with van der Waals surface area (Å²) in [5, 5.41) is 6.06. The molecule has 0 spiro atoms. The van der Waals surface area contributed by atoms with E-state index >= 15 is 0 Å². The molecule has 26 heavy (non-hydrogen) atoms. The molecule has 1 heterocycles. The number of anilines is 1. The first-order valence-corrected chi connectivity index (χ1v) is 7.91. The Morgan fingerprint density at radius 2 is 1.81 bits per heavy atom. The van der Waals surface area contributed by atoms with Gasteiger partial charge in [-0.15, -0.1) is 0 Å². The smallest absolute Gasteiger partial charge is 0.320 e. The highest BCUT2D eigenvalue weighted by molar-refractivity contribution is 6.34. The van der Waals surface area contributed by atoms with E-state index in [2.05, 4.69) is 10.4 Å². The molecule has 8 heteroatoms. The number of nitrogens with one attached hydrogen (secondary N) is 1. The number of rotatable bonds is 3. The van der Waals surface area contributed by atoms with Crippen molar-refractivity contribution < 1.29 is 18.0 Å². The number of aryl methyl sites for hydroxylation is 1. The highest BCUT2D eigenvalue weighted by Gasteiger charge is 2.39. The lowest BCUT2D eigenvalue weighted by molar-refractivity contribution is -0.141. The zero-order valence-corrected chi connectivity index (χ0v) is 14.3. The summed E-state index contributed by atoms with van der Waals surface area (Å²) in [4.78, 5) is 12.5. The van der Waals surface area contributed by atoms with E-state index in [9.17, 15) is 18.0 Å². The topological polar surface area (TPSA) is 46.9 Å². The quantitative estimate of drug-likeness (QED) is 0.695. The number of amides is 1. The van der Waals surface area contributed by atoms with Crippen LogP contribution in [0.1, 0.15) is 16.1 Å². The molecule has 0 atom stereocenters. The second-order valence-corrected chi connectivity index (χ2v) is 5.95. The van der Waals surface area contributed by atoms with Crippen LogP contribution in [0.2, 0.25) is 5.02 Å². The van der Waals surface area contributed by atoms with E-state index in [1.165, 1.54) is 7.05 Å². The van der Waals surface area contributed by atoms with E-state index in [0.717, 1.165) is 16.4 Å². The van der Waals surface area contributed by atoms with Crippen molar-refractivity contribution in [2.24, 2.45) is 7.05 Å². The largest absolute Gasteiger partial charge is 0.435 e. The predicted molar refractivity (Wildman–Crippen MR) is 93.1 cm³/mol. The molecular formula is C18H13ClF3N3O. The van der Waals surface area contributed by atoms with Crippen LogP contribution in [0, 0.1) is 0 Å². The van der Waals surface area contributed by atoms with Crippen LogP contribution in [0.5, 0.6) is 0 Å². The number of nitrogens with zero attached hydrogens (tertiary/aromatic N) is 2. The molecule has 3 aromatic rings. The van der Waals surface area contributed by atoms with Gasteiger partial charge in [-0.3, -0.25) is 9.48 Å². The molecule has 134 valence electrons. The first-order chi connectivity index (χ1) is 12.3. The van der Waals surface area contributed by atoms with Gasteiger partial charge in [0.2, 0.25) is 0 Å². The third-order valence-electron chi connectivity index (χ3n) is 3.68.